The van der Waals surface area contributed by atoms with Gasteiger partial charge in [-0.25, -0.2) is 0 Å². The molecule has 6 nitrogen and oxygen atoms in total. The SMILES string of the molecule is CCOc1ccc(OCC(=O)NCC2(c3ccccc3OC)CCOCC2)cc1. The molecule has 0 saturated carbocycles. The number of carbonyl (C=O) groups excluding carboxylic acids is 1. The van der Waals surface area contributed by atoms with Crippen molar-refractivity contribution in [2.24, 2.45) is 0 Å². The zero-order chi connectivity index (χ0) is 20.5. The van der Waals surface area contributed by atoms with Crippen molar-refractivity contribution in [3.8, 4) is 17.2 Å². The smallest absolute Gasteiger partial charge is 0.257 e. The maximum absolute atomic E-state index is 12.4. The van der Waals surface area contributed by atoms with E-state index in [1.807, 2.05) is 37.3 Å². The number of hydrogen-bond acceptors (Lipinski definition) is 5. The van der Waals surface area contributed by atoms with Crippen molar-refractivity contribution in [2.45, 2.75) is 25.2 Å². The lowest BCUT2D eigenvalue weighted by Gasteiger charge is -2.38. The molecule has 1 saturated heterocycles. The van der Waals surface area contributed by atoms with E-state index in [0.29, 0.717) is 32.1 Å². The van der Waals surface area contributed by atoms with Crippen LogP contribution in [0.1, 0.15) is 25.3 Å². The minimum Gasteiger partial charge on any atom is -0.496 e. The van der Waals surface area contributed by atoms with Gasteiger partial charge in [-0.3, -0.25) is 4.79 Å². The van der Waals surface area contributed by atoms with Crippen molar-refractivity contribution in [3.05, 3.63) is 54.1 Å². The highest BCUT2D eigenvalue weighted by Crippen LogP contribution is 2.39. The van der Waals surface area contributed by atoms with E-state index in [1.54, 1.807) is 19.2 Å². The van der Waals surface area contributed by atoms with Crippen LogP contribution in [0.15, 0.2) is 48.5 Å². The van der Waals surface area contributed by atoms with Gasteiger partial charge < -0.3 is 24.3 Å². The first kappa shape index (κ1) is 21.0. The molecule has 2 aromatic carbocycles. The summed E-state index contributed by atoms with van der Waals surface area (Å²) in [5.74, 6) is 2.10. The number of hydrogen-bond donors (Lipinski definition) is 1. The van der Waals surface area contributed by atoms with Crippen molar-refractivity contribution in [2.75, 3.05) is 40.1 Å². The Balaban J connectivity index is 1.60. The van der Waals surface area contributed by atoms with Crippen LogP contribution in [-0.2, 0) is 14.9 Å². The lowest BCUT2D eigenvalue weighted by Crippen LogP contribution is -2.45. The molecule has 1 aliphatic rings. The molecule has 1 amide bonds. The number of para-hydroxylation sites is 1. The molecule has 29 heavy (non-hydrogen) atoms. The normalized spacial score (nSPS) is 15.4. The van der Waals surface area contributed by atoms with E-state index in [-0.39, 0.29) is 17.9 Å². The van der Waals surface area contributed by atoms with Gasteiger partial charge in [0.05, 0.1) is 13.7 Å². The maximum atomic E-state index is 12.4. The Kier molecular flexibility index (Phi) is 7.36. The fourth-order valence-electron chi connectivity index (χ4n) is 3.65. The van der Waals surface area contributed by atoms with E-state index >= 15 is 0 Å². The summed E-state index contributed by atoms with van der Waals surface area (Å²) in [6, 6.07) is 15.3. The zero-order valence-corrected chi connectivity index (χ0v) is 17.1. The van der Waals surface area contributed by atoms with Crippen molar-refractivity contribution in [1.29, 1.82) is 0 Å². The minimum atomic E-state index is -0.209. The molecule has 3 rings (SSSR count). The second kappa shape index (κ2) is 10.2. The largest absolute Gasteiger partial charge is 0.496 e. The third-order valence-corrected chi connectivity index (χ3v) is 5.26. The van der Waals surface area contributed by atoms with E-state index in [9.17, 15) is 4.79 Å². The predicted octanol–water partition coefficient (Wildman–Crippen LogP) is 3.34. The summed E-state index contributed by atoms with van der Waals surface area (Å²) in [7, 11) is 1.68. The van der Waals surface area contributed by atoms with E-state index in [4.69, 9.17) is 18.9 Å². The molecule has 0 bridgehead atoms. The van der Waals surface area contributed by atoms with Crippen LogP contribution in [0, 0.1) is 0 Å². The van der Waals surface area contributed by atoms with E-state index < -0.39 is 0 Å². The summed E-state index contributed by atoms with van der Waals surface area (Å²) in [5, 5.41) is 3.05. The predicted molar refractivity (Wildman–Crippen MR) is 111 cm³/mol. The molecule has 0 atom stereocenters. The molecule has 6 heteroatoms. The van der Waals surface area contributed by atoms with E-state index in [0.717, 1.165) is 29.9 Å². The van der Waals surface area contributed by atoms with Gasteiger partial charge >= 0.3 is 0 Å². The highest BCUT2D eigenvalue weighted by molar-refractivity contribution is 5.77. The van der Waals surface area contributed by atoms with Crippen molar-refractivity contribution in [3.63, 3.8) is 0 Å². The van der Waals surface area contributed by atoms with Crippen LogP contribution in [0.25, 0.3) is 0 Å². The lowest BCUT2D eigenvalue weighted by molar-refractivity contribution is -0.123. The van der Waals surface area contributed by atoms with Gasteiger partial charge in [-0.1, -0.05) is 18.2 Å². The summed E-state index contributed by atoms with van der Waals surface area (Å²) in [4.78, 5) is 12.4. The number of nitrogens with one attached hydrogen (secondary N) is 1. The number of benzene rings is 2. The van der Waals surface area contributed by atoms with Gasteiger partial charge in [0, 0.05) is 30.7 Å². The fourth-order valence-corrected chi connectivity index (χ4v) is 3.65. The van der Waals surface area contributed by atoms with Gasteiger partial charge in [0.2, 0.25) is 0 Å². The van der Waals surface area contributed by atoms with E-state index in [1.165, 1.54) is 0 Å². The molecular weight excluding hydrogens is 370 g/mol. The van der Waals surface area contributed by atoms with Gasteiger partial charge in [0.15, 0.2) is 6.61 Å². The molecule has 0 spiro atoms. The molecule has 2 aromatic rings. The molecule has 0 unspecified atom stereocenters. The standard InChI is InChI=1S/C23H29NO5/c1-3-28-18-8-10-19(11-9-18)29-16-22(25)24-17-23(12-14-27-15-13-23)20-6-4-5-7-21(20)26-2/h4-11H,3,12-17H2,1-2H3,(H,24,25). The summed E-state index contributed by atoms with van der Waals surface area (Å²) in [6.45, 7) is 4.36. The topological polar surface area (TPSA) is 66.0 Å². The number of ether oxygens (including phenoxy) is 4. The van der Waals surface area contributed by atoms with Crippen molar-refractivity contribution < 1.29 is 23.7 Å². The summed E-state index contributed by atoms with van der Waals surface area (Å²) < 4.78 is 22.2. The van der Waals surface area contributed by atoms with Crippen LogP contribution >= 0.6 is 0 Å². The number of rotatable bonds is 9. The minimum absolute atomic E-state index is 0.0352. The highest BCUT2D eigenvalue weighted by atomic mass is 16.5. The second-order valence-electron chi connectivity index (χ2n) is 7.06. The second-order valence-corrected chi connectivity index (χ2v) is 7.06. The lowest BCUT2D eigenvalue weighted by atomic mass is 9.73. The summed E-state index contributed by atoms with van der Waals surface area (Å²) in [5.41, 5.74) is 0.901. The average Bonchev–Trinajstić information content (AvgIpc) is 2.78. The first-order valence-corrected chi connectivity index (χ1v) is 10.0. The molecule has 1 aliphatic heterocycles. The number of methoxy groups -OCH3 is 1. The maximum Gasteiger partial charge on any atom is 0.257 e. The van der Waals surface area contributed by atoms with E-state index in [2.05, 4.69) is 11.4 Å². The molecular formula is C23H29NO5. The Labute approximate surface area is 172 Å². The van der Waals surface area contributed by atoms with Crippen molar-refractivity contribution in [1.82, 2.24) is 5.32 Å². The Morgan fingerprint density at radius 1 is 1.03 bits per heavy atom. The third kappa shape index (κ3) is 5.41. The monoisotopic (exact) mass is 399 g/mol. The van der Waals surface area contributed by atoms with Crippen LogP contribution < -0.4 is 19.5 Å². The van der Waals surface area contributed by atoms with Crippen LogP contribution in [0.3, 0.4) is 0 Å². The molecule has 1 fully saturated rings. The molecule has 0 radical (unpaired) electrons. The summed E-state index contributed by atoms with van der Waals surface area (Å²) in [6.07, 6.45) is 1.65. The molecule has 156 valence electrons. The third-order valence-electron chi connectivity index (χ3n) is 5.26. The Morgan fingerprint density at radius 3 is 2.34 bits per heavy atom. The first-order valence-electron chi connectivity index (χ1n) is 10.0. The quantitative estimate of drug-likeness (QED) is 0.701. The first-order chi connectivity index (χ1) is 14.2. The Hall–Kier alpha value is -2.73. The highest BCUT2D eigenvalue weighted by Gasteiger charge is 2.37. The van der Waals surface area contributed by atoms with Gasteiger partial charge in [-0.2, -0.15) is 0 Å². The fraction of sp³-hybridized carbons (Fsp3) is 0.435. The zero-order valence-electron chi connectivity index (χ0n) is 17.1. The number of amides is 1. The van der Waals surface area contributed by atoms with Crippen molar-refractivity contribution >= 4 is 5.91 Å². The van der Waals surface area contributed by atoms with Gasteiger partial charge in [0.1, 0.15) is 17.2 Å². The number of carbonyl (C=O) groups is 1. The Morgan fingerprint density at radius 2 is 1.69 bits per heavy atom. The summed E-state index contributed by atoms with van der Waals surface area (Å²) >= 11 is 0. The average molecular weight is 399 g/mol. The Bertz CT molecular complexity index is 784. The molecule has 1 heterocycles. The van der Waals surface area contributed by atoms with Crippen LogP contribution in [-0.4, -0.2) is 46.0 Å². The van der Waals surface area contributed by atoms with Crippen LogP contribution in [0.5, 0.6) is 17.2 Å². The van der Waals surface area contributed by atoms with Gasteiger partial charge in [-0.15, -0.1) is 0 Å². The van der Waals surface area contributed by atoms with Gasteiger partial charge in [-0.05, 0) is 50.1 Å². The van der Waals surface area contributed by atoms with Gasteiger partial charge in [0.25, 0.3) is 5.91 Å². The van der Waals surface area contributed by atoms with Crippen LogP contribution in [0.4, 0.5) is 0 Å². The molecule has 0 aliphatic carbocycles. The molecule has 0 aromatic heterocycles. The van der Waals surface area contributed by atoms with Crippen LogP contribution in [0.2, 0.25) is 0 Å². The molecule has 1 N–H and O–H groups in total.